The number of likely N-dealkylation sites (tertiary alicyclic amines) is 1. The van der Waals surface area contributed by atoms with Crippen molar-refractivity contribution in [3.63, 3.8) is 0 Å². The quantitative estimate of drug-likeness (QED) is 0.604. The van der Waals surface area contributed by atoms with E-state index in [2.05, 4.69) is 22.6 Å². The number of halogens is 3. The molecule has 1 aliphatic carbocycles. The summed E-state index contributed by atoms with van der Waals surface area (Å²) in [5.74, 6) is -0.640. The van der Waals surface area contributed by atoms with E-state index in [-0.39, 0.29) is 22.7 Å². The normalized spacial score (nSPS) is 28.2. The molecule has 1 aromatic carbocycles. The SMILES string of the molecule is C[C@@H](NC(=O)c1cn([C@]2(C)CCOC2)c(=O)cc1N[C@@H]1[C@@H]2CN(C)C[C@@H]21)c1cccc(C(F)F)c1F. The molecule has 0 unspecified atom stereocenters. The Balaban J connectivity index is 1.45. The fraction of sp³-hybridized carbons (Fsp3) is 0.538. The molecule has 5 atom stereocenters. The van der Waals surface area contributed by atoms with Crippen LogP contribution in [0.15, 0.2) is 35.3 Å². The number of anilines is 1. The number of ether oxygens (including phenoxy) is 1. The summed E-state index contributed by atoms with van der Waals surface area (Å²) in [5.41, 5.74) is -0.893. The van der Waals surface area contributed by atoms with Gasteiger partial charge >= 0.3 is 0 Å². The summed E-state index contributed by atoms with van der Waals surface area (Å²) in [4.78, 5) is 28.8. The third kappa shape index (κ3) is 4.41. The van der Waals surface area contributed by atoms with Gasteiger partial charge in [-0.1, -0.05) is 18.2 Å². The number of carbonyl (C=O) groups excluding carboxylic acids is 1. The molecule has 1 aromatic heterocycles. The Kier molecular flexibility index (Phi) is 6.36. The zero-order valence-electron chi connectivity index (χ0n) is 20.6. The largest absolute Gasteiger partial charge is 0.381 e. The van der Waals surface area contributed by atoms with Crippen LogP contribution in [-0.4, -0.2) is 54.8 Å². The predicted octanol–water partition coefficient (Wildman–Crippen LogP) is 3.52. The third-order valence-electron chi connectivity index (χ3n) is 7.88. The first kappa shape index (κ1) is 24.8. The summed E-state index contributed by atoms with van der Waals surface area (Å²) in [6.45, 7) is 6.22. The van der Waals surface area contributed by atoms with E-state index < -0.39 is 35.3 Å². The summed E-state index contributed by atoms with van der Waals surface area (Å²) in [5, 5.41) is 6.14. The minimum Gasteiger partial charge on any atom is -0.381 e. The molecule has 2 saturated heterocycles. The van der Waals surface area contributed by atoms with Crippen molar-refractivity contribution in [1.82, 2.24) is 14.8 Å². The lowest BCUT2D eigenvalue weighted by Gasteiger charge is -2.27. The lowest BCUT2D eigenvalue weighted by molar-refractivity contribution is 0.0938. The van der Waals surface area contributed by atoms with E-state index in [1.54, 1.807) is 6.92 Å². The van der Waals surface area contributed by atoms with Crippen molar-refractivity contribution in [2.75, 3.05) is 38.7 Å². The van der Waals surface area contributed by atoms with Crippen LogP contribution in [0.25, 0.3) is 0 Å². The third-order valence-corrected chi connectivity index (χ3v) is 7.88. The maximum Gasteiger partial charge on any atom is 0.266 e. The Morgan fingerprint density at radius 3 is 2.56 bits per heavy atom. The second-order valence-corrected chi connectivity index (χ2v) is 10.6. The molecule has 1 amide bonds. The molecule has 3 aliphatic rings. The van der Waals surface area contributed by atoms with Crippen LogP contribution in [0.4, 0.5) is 18.9 Å². The van der Waals surface area contributed by atoms with Crippen LogP contribution < -0.4 is 16.2 Å². The van der Waals surface area contributed by atoms with Gasteiger partial charge < -0.3 is 24.8 Å². The number of aromatic nitrogens is 1. The molecule has 194 valence electrons. The molecule has 3 fully saturated rings. The Morgan fingerprint density at radius 1 is 1.22 bits per heavy atom. The average molecular weight is 505 g/mol. The molecule has 0 radical (unpaired) electrons. The standard InChI is InChI=1S/C26H31F3N4O3/c1-14(15-5-4-6-16(22(15)27)24(28)29)30-25(35)19-12-33(26(2)7-8-36-13-26)21(34)9-20(19)31-23-17-10-32(3)11-18(17)23/h4-6,9,12,14,17-18,23-24,31H,7-8,10-11,13H2,1-3H3,(H,30,35)/t14-,17-,18+,23-,26-/m1/s1. The molecular weight excluding hydrogens is 473 g/mol. The Hall–Kier alpha value is -2.85. The average Bonchev–Trinajstić information content (AvgIpc) is 3.14. The number of hydrogen-bond donors (Lipinski definition) is 2. The first-order valence-electron chi connectivity index (χ1n) is 12.3. The summed E-state index contributed by atoms with van der Waals surface area (Å²) in [7, 11) is 2.07. The van der Waals surface area contributed by atoms with Gasteiger partial charge in [-0.3, -0.25) is 9.59 Å². The van der Waals surface area contributed by atoms with Crippen molar-refractivity contribution < 1.29 is 22.7 Å². The van der Waals surface area contributed by atoms with Crippen LogP contribution in [0.3, 0.4) is 0 Å². The van der Waals surface area contributed by atoms with Gasteiger partial charge in [-0.15, -0.1) is 0 Å². The molecule has 5 rings (SSSR count). The lowest BCUT2D eigenvalue weighted by Crippen LogP contribution is -2.40. The maximum absolute atomic E-state index is 14.7. The van der Waals surface area contributed by atoms with Gasteiger partial charge in [0.15, 0.2) is 0 Å². The summed E-state index contributed by atoms with van der Waals surface area (Å²) in [6.07, 6.45) is -0.793. The van der Waals surface area contributed by atoms with Crippen molar-refractivity contribution in [1.29, 1.82) is 0 Å². The number of fused-ring (bicyclic) bond motifs is 1. The smallest absolute Gasteiger partial charge is 0.266 e. The number of benzene rings is 1. The van der Waals surface area contributed by atoms with E-state index in [4.69, 9.17) is 4.74 Å². The van der Waals surface area contributed by atoms with Crippen molar-refractivity contribution in [3.8, 4) is 0 Å². The molecule has 3 heterocycles. The number of pyridine rings is 1. The maximum atomic E-state index is 14.7. The van der Waals surface area contributed by atoms with E-state index in [0.717, 1.165) is 19.2 Å². The van der Waals surface area contributed by atoms with Gasteiger partial charge in [0.25, 0.3) is 17.9 Å². The highest BCUT2D eigenvalue weighted by atomic mass is 19.3. The Labute approximate surface area is 207 Å². The minimum absolute atomic E-state index is 0.0279. The lowest BCUT2D eigenvalue weighted by atomic mass is 10.00. The Bertz CT molecular complexity index is 1220. The van der Waals surface area contributed by atoms with Gasteiger partial charge in [-0.05, 0) is 39.2 Å². The van der Waals surface area contributed by atoms with Gasteiger partial charge in [0.05, 0.1) is 35.0 Å². The fourth-order valence-corrected chi connectivity index (χ4v) is 5.66. The van der Waals surface area contributed by atoms with Gasteiger partial charge in [0, 0.05) is 43.6 Å². The van der Waals surface area contributed by atoms with Crippen LogP contribution in [0.2, 0.25) is 0 Å². The predicted molar refractivity (Wildman–Crippen MR) is 129 cm³/mol. The van der Waals surface area contributed by atoms with Crippen molar-refractivity contribution in [3.05, 3.63) is 63.3 Å². The number of rotatable bonds is 7. The first-order valence-corrected chi connectivity index (χ1v) is 12.3. The molecular formula is C26H31F3N4O3. The highest BCUT2D eigenvalue weighted by molar-refractivity contribution is 5.99. The molecule has 2 aliphatic heterocycles. The van der Waals surface area contributed by atoms with Gasteiger partial charge in [0.2, 0.25) is 0 Å². The topological polar surface area (TPSA) is 75.6 Å². The zero-order chi connectivity index (χ0) is 25.8. The van der Waals surface area contributed by atoms with E-state index >= 15 is 0 Å². The van der Waals surface area contributed by atoms with Crippen molar-refractivity contribution in [2.45, 2.75) is 44.3 Å². The highest BCUT2D eigenvalue weighted by Gasteiger charge is 2.55. The minimum atomic E-state index is -2.96. The van der Waals surface area contributed by atoms with E-state index in [0.29, 0.717) is 37.2 Å². The van der Waals surface area contributed by atoms with Crippen LogP contribution in [0.1, 0.15) is 54.2 Å². The van der Waals surface area contributed by atoms with E-state index in [1.807, 2.05) is 6.92 Å². The second-order valence-electron chi connectivity index (χ2n) is 10.6. The second kappa shape index (κ2) is 9.23. The summed E-state index contributed by atoms with van der Waals surface area (Å²) >= 11 is 0. The van der Waals surface area contributed by atoms with Crippen molar-refractivity contribution >= 4 is 11.6 Å². The number of hydrogen-bond acceptors (Lipinski definition) is 5. The summed E-state index contributed by atoms with van der Waals surface area (Å²) < 4.78 is 48.1. The number of carbonyl (C=O) groups is 1. The number of piperidine rings is 1. The van der Waals surface area contributed by atoms with Gasteiger partial charge in [-0.25, -0.2) is 13.2 Å². The molecule has 2 aromatic rings. The van der Waals surface area contributed by atoms with Gasteiger partial charge in [0.1, 0.15) is 5.82 Å². The first-order chi connectivity index (χ1) is 17.1. The van der Waals surface area contributed by atoms with Crippen LogP contribution in [-0.2, 0) is 10.3 Å². The van der Waals surface area contributed by atoms with E-state index in [9.17, 15) is 22.8 Å². The molecule has 1 saturated carbocycles. The number of alkyl halides is 2. The van der Waals surface area contributed by atoms with Gasteiger partial charge in [-0.2, -0.15) is 0 Å². The van der Waals surface area contributed by atoms with E-state index in [1.165, 1.54) is 29.0 Å². The monoisotopic (exact) mass is 504 g/mol. The fourth-order valence-electron chi connectivity index (χ4n) is 5.66. The molecule has 2 N–H and O–H groups in total. The zero-order valence-corrected chi connectivity index (χ0v) is 20.6. The van der Waals surface area contributed by atoms with Crippen LogP contribution in [0, 0.1) is 17.7 Å². The van der Waals surface area contributed by atoms with Crippen molar-refractivity contribution in [2.24, 2.45) is 11.8 Å². The van der Waals surface area contributed by atoms with Crippen LogP contribution in [0.5, 0.6) is 0 Å². The summed E-state index contributed by atoms with van der Waals surface area (Å²) in [6, 6.07) is 4.50. The molecule has 0 spiro atoms. The number of amides is 1. The molecule has 7 nitrogen and oxygen atoms in total. The van der Waals surface area contributed by atoms with Crippen LogP contribution >= 0.6 is 0 Å². The molecule has 36 heavy (non-hydrogen) atoms. The molecule has 0 bridgehead atoms. The highest BCUT2D eigenvalue weighted by Crippen LogP contribution is 2.47. The number of nitrogens with one attached hydrogen (secondary N) is 2. The molecule has 10 heteroatoms. The Morgan fingerprint density at radius 2 is 1.92 bits per heavy atom. The number of nitrogens with zero attached hydrogens (tertiary/aromatic N) is 2.